The number of nitrogens with two attached hydrogens (primary N) is 1. The average Bonchev–Trinajstić information content (AvgIpc) is 2.87. The molecule has 0 amide bonds. The Balaban J connectivity index is 1.91. The monoisotopic (exact) mass is 285 g/mol. The van der Waals surface area contributed by atoms with Crippen molar-refractivity contribution >= 4 is 22.6 Å². The van der Waals surface area contributed by atoms with Gasteiger partial charge in [-0.2, -0.15) is 0 Å². The van der Waals surface area contributed by atoms with E-state index in [4.69, 9.17) is 21.8 Å². The lowest BCUT2D eigenvalue weighted by Crippen LogP contribution is -2.13. The molecule has 2 nitrogen and oxygen atoms in total. The zero-order valence-corrected chi connectivity index (χ0v) is 12.0. The van der Waals surface area contributed by atoms with Gasteiger partial charge in [-0.15, -0.1) is 0 Å². The van der Waals surface area contributed by atoms with Crippen molar-refractivity contribution in [3.8, 4) is 0 Å². The fourth-order valence-electron chi connectivity index (χ4n) is 2.41. The molecule has 0 spiro atoms. The van der Waals surface area contributed by atoms with Crippen molar-refractivity contribution in [3.05, 3.63) is 70.4 Å². The molecule has 0 saturated heterocycles. The van der Waals surface area contributed by atoms with Gasteiger partial charge in [0.1, 0.15) is 5.76 Å². The van der Waals surface area contributed by atoms with Gasteiger partial charge in [0.2, 0.25) is 0 Å². The second-order valence-electron chi connectivity index (χ2n) is 5.04. The molecule has 102 valence electrons. The van der Waals surface area contributed by atoms with Crippen molar-refractivity contribution in [3.63, 3.8) is 0 Å². The molecule has 1 unspecified atom stereocenters. The number of rotatable bonds is 3. The number of benzene rings is 2. The minimum absolute atomic E-state index is 0.167. The molecule has 1 atom stereocenters. The van der Waals surface area contributed by atoms with E-state index in [0.29, 0.717) is 10.6 Å². The Morgan fingerprint density at radius 3 is 2.70 bits per heavy atom. The SMILES string of the molecule is Cc1ccccc1CC(N)c1cc2cccc(Cl)c2o1. The summed E-state index contributed by atoms with van der Waals surface area (Å²) in [5.41, 5.74) is 9.47. The lowest BCUT2D eigenvalue weighted by atomic mass is 10.0. The van der Waals surface area contributed by atoms with E-state index in [1.165, 1.54) is 11.1 Å². The summed E-state index contributed by atoms with van der Waals surface area (Å²) in [6.45, 7) is 2.09. The predicted octanol–water partition coefficient (Wildman–Crippen LogP) is 4.64. The molecule has 20 heavy (non-hydrogen) atoms. The smallest absolute Gasteiger partial charge is 0.152 e. The van der Waals surface area contributed by atoms with Crippen LogP contribution in [0.3, 0.4) is 0 Å². The van der Waals surface area contributed by atoms with Crippen molar-refractivity contribution in [2.75, 3.05) is 0 Å². The van der Waals surface area contributed by atoms with Gasteiger partial charge in [-0.05, 0) is 36.6 Å². The van der Waals surface area contributed by atoms with Crippen LogP contribution in [0.1, 0.15) is 22.9 Å². The van der Waals surface area contributed by atoms with Gasteiger partial charge in [0.15, 0.2) is 5.58 Å². The predicted molar refractivity (Wildman–Crippen MR) is 83.0 cm³/mol. The Kier molecular flexibility index (Phi) is 3.51. The zero-order chi connectivity index (χ0) is 14.1. The van der Waals surface area contributed by atoms with Gasteiger partial charge < -0.3 is 10.2 Å². The zero-order valence-electron chi connectivity index (χ0n) is 11.3. The Morgan fingerprint density at radius 1 is 1.15 bits per heavy atom. The maximum absolute atomic E-state index is 6.27. The second-order valence-corrected chi connectivity index (χ2v) is 5.45. The van der Waals surface area contributed by atoms with E-state index >= 15 is 0 Å². The van der Waals surface area contributed by atoms with Crippen LogP contribution in [0.2, 0.25) is 5.02 Å². The summed E-state index contributed by atoms with van der Waals surface area (Å²) in [5.74, 6) is 0.774. The third-order valence-corrected chi connectivity index (χ3v) is 3.88. The molecular weight excluding hydrogens is 270 g/mol. The third kappa shape index (κ3) is 2.45. The molecule has 0 aliphatic rings. The van der Waals surface area contributed by atoms with Crippen LogP contribution in [-0.4, -0.2) is 0 Å². The molecule has 2 aromatic carbocycles. The lowest BCUT2D eigenvalue weighted by molar-refractivity contribution is 0.493. The maximum Gasteiger partial charge on any atom is 0.152 e. The summed E-state index contributed by atoms with van der Waals surface area (Å²) in [6.07, 6.45) is 0.754. The lowest BCUT2D eigenvalue weighted by Gasteiger charge is -2.10. The number of halogens is 1. The molecule has 1 heterocycles. The second kappa shape index (κ2) is 5.31. The van der Waals surface area contributed by atoms with Crippen LogP contribution in [0.4, 0.5) is 0 Å². The van der Waals surface area contributed by atoms with Crippen molar-refractivity contribution in [2.45, 2.75) is 19.4 Å². The highest BCUT2D eigenvalue weighted by Gasteiger charge is 2.14. The summed E-state index contributed by atoms with van der Waals surface area (Å²) >= 11 is 6.13. The molecule has 0 aliphatic heterocycles. The molecule has 3 heteroatoms. The van der Waals surface area contributed by atoms with E-state index in [1.807, 2.05) is 36.4 Å². The minimum Gasteiger partial charge on any atom is -0.458 e. The van der Waals surface area contributed by atoms with E-state index in [-0.39, 0.29) is 6.04 Å². The number of hydrogen-bond donors (Lipinski definition) is 1. The van der Waals surface area contributed by atoms with Crippen LogP contribution in [0, 0.1) is 6.92 Å². The Hall–Kier alpha value is -1.77. The fourth-order valence-corrected chi connectivity index (χ4v) is 2.63. The first-order chi connectivity index (χ1) is 9.65. The highest BCUT2D eigenvalue weighted by molar-refractivity contribution is 6.34. The van der Waals surface area contributed by atoms with Crippen molar-refractivity contribution < 1.29 is 4.42 Å². The van der Waals surface area contributed by atoms with Gasteiger partial charge in [0.25, 0.3) is 0 Å². The van der Waals surface area contributed by atoms with Gasteiger partial charge >= 0.3 is 0 Å². The number of furan rings is 1. The molecule has 3 rings (SSSR count). The van der Waals surface area contributed by atoms with Gasteiger partial charge in [0, 0.05) is 5.39 Å². The summed E-state index contributed by atoms with van der Waals surface area (Å²) in [4.78, 5) is 0. The maximum atomic E-state index is 6.27. The number of hydrogen-bond acceptors (Lipinski definition) is 2. The molecule has 0 saturated carbocycles. The van der Waals surface area contributed by atoms with Crippen molar-refractivity contribution in [1.29, 1.82) is 0 Å². The average molecular weight is 286 g/mol. The highest BCUT2D eigenvalue weighted by Crippen LogP contribution is 2.30. The Labute approximate surface area is 123 Å². The third-order valence-electron chi connectivity index (χ3n) is 3.58. The van der Waals surface area contributed by atoms with Gasteiger partial charge in [-0.3, -0.25) is 0 Å². The van der Waals surface area contributed by atoms with Gasteiger partial charge in [-0.1, -0.05) is 48.0 Å². The first kappa shape index (κ1) is 13.2. The topological polar surface area (TPSA) is 39.2 Å². The van der Waals surface area contributed by atoms with Crippen molar-refractivity contribution in [2.24, 2.45) is 5.73 Å². The standard InChI is InChI=1S/C17H16ClNO/c1-11-5-2-3-6-12(11)9-15(19)16-10-13-7-4-8-14(18)17(13)20-16/h2-8,10,15H,9,19H2,1H3. The summed E-state index contributed by atoms with van der Waals surface area (Å²) in [5, 5.41) is 1.62. The number of fused-ring (bicyclic) bond motifs is 1. The molecule has 0 fully saturated rings. The van der Waals surface area contributed by atoms with E-state index < -0.39 is 0 Å². The molecular formula is C17H16ClNO. The van der Waals surface area contributed by atoms with Crippen LogP contribution in [-0.2, 0) is 6.42 Å². The Morgan fingerprint density at radius 2 is 1.95 bits per heavy atom. The summed E-state index contributed by atoms with van der Waals surface area (Å²) in [6, 6.07) is 15.8. The van der Waals surface area contributed by atoms with E-state index in [2.05, 4.69) is 19.1 Å². The molecule has 0 radical (unpaired) electrons. The summed E-state index contributed by atoms with van der Waals surface area (Å²) < 4.78 is 5.82. The first-order valence-electron chi connectivity index (χ1n) is 6.63. The normalized spacial score (nSPS) is 12.8. The first-order valence-corrected chi connectivity index (χ1v) is 7.01. The highest BCUT2D eigenvalue weighted by atomic mass is 35.5. The molecule has 0 aliphatic carbocycles. The van der Waals surface area contributed by atoms with Crippen LogP contribution in [0.5, 0.6) is 0 Å². The quantitative estimate of drug-likeness (QED) is 0.761. The largest absolute Gasteiger partial charge is 0.458 e. The van der Waals surface area contributed by atoms with E-state index in [9.17, 15) is 0 Å². The molecule has 1 aromatic heterocycles. The van der Waals surface area contributed by atoms with E-state index in [0.717, 1.165) is 17.6 Å². The number of aryl methyl sites for hydroxylation is 1. The van der Waals surface area contributed by atoms with Gasteiger partial charge in [-0.25, -0.2) is 0 Å². The number of para-hydroxylation sites is 1. The fraction of sp³-hybridized carbons (Fsp3) is 0.176. The molecule has 3 aromatic rings. The summed E-state index contributed by atoms with van der Waals surface area (Å²) in [7, 11) is 0. The molecule has 0 bridgehead atoms. The molecule has 2 N–H and O–H groups in total. The van der Waals surface area contributed by atoms with Crippen LogP contribution in [0.15, 0.2) is 52.9 Å². The Bertz CT molecular complexity index is 748. The van der Waals surface area contributed by atoms with Crippen LogP contribution < -0.4 is 5.73 Å². The van der Waals surface area contributed by atoms with Crippen LogP contribution >= 0.6 is 11.6 Å². The van der Waals surface area contributed by atoms with Gasteiger partial charge in [0.05, 0.1) is 11.1 Å². The van der Waals surface area contributed by atoms with E-state index in [1.54, 1.807) is 0 Å². The van der Waals surface area contributed by atoms with Crippen molar-refractivity contribution in [1.82, 2.24) is 0 Å². The minimum atomic E-state index is -0.167. The van der Waals surface area contributed by atoms with Crippen LogP contribution in [0.25, 0.3) is 11.0 Å².